The number of nitrogens with zero attached hydrogens (tertiary/aromatic N) is 1. The van der Waals surface area contributed by atoms with E-state index in [2.05, 4.69) is 0 Å². The summed E-state index contributed by atoms with van der Waals surface area (Å²) in [5.74, 6) is 0.306. The summed E-state index contributed by atoms with van der Waals surface area (Å²) in [4.78, 5) is 14.3. The highest BCUT2D eigenvalue weighted by Gasteiger charge is 2.32. The molecule has 1 heterocycles. The molecule has 126 valence electrons. The Morgan fingerprint density at radius 1 is 1.29 bits per heavy atom. The highest BCUT2D eigenvalue weighted by atomic mass is 19.1. The molecule has 1 aliphatic rings. The zero-order chi connectivity index (χ0) is 17.1. The number of hydrogen-bond acceptors (Lipinski definition) is 3. The molecule has 1 atom stereocenters. The number of halogens is 1. The molecule has 0 bridgehead atoms. The Hall–Kier alpha value is -2.56. The number of benzene rings is 2. The Morgan fingerprint density at radius 3 is 2.62 bits per heavy atom. The second-order valence-electron chi connectivity index (χ2n) is 5.95. The van der Waals surface area contributed by atoms with Gasteiger partial charge < -0.3 is 14.7 Å². The largest absolute Gasteiger partial charge is 0.504 e. The van der Waals surface area contributed by atoms with Crippen LogP contribution in [0.4, 0.5) is 4.39 Å². The first-order chi connectivity index (χ1) is 11.6. The minimum atomic E-state index is -0.268. The van der Waals surface area contributed by atoms with E-state index in [9.17, 15) is 14.3 Å². The van der Waals surface area contributed by atoms with Crippen molar-refractivity contribution in [1.82, 2.24) is 4.90 Å². The highest BCUT2D eigenvalue weighted by molar-refractivity contribution is 5.78. The van der Waals surface area contributed by atoms with E-state index in [-0.39, 0.29) is 23.5 Å². The molecule has 0 saturated carbocycles. The van der Waals surface area contributed by atoms with E-state index in [1.807, 2.05) is 11.0 Å². The molecule has 1 aliphatic heterocycles. The van der Waals surface area contributed by atoms with Crippen molar-refractivity contribution < 1.29 is 19.0 Å². The molecule has 5 heteroatoms. The lowest BCUT2D eigenvalue weighted by molar-refractivity contribution is -0.139. The summed E-state index contributed by atoms with van der Waals surface area (Å²) in [6.07, 6.45) is 1.84. The number of methoxy groups -OCH3 is 1. The van der Waals surface area contributed by atoms with E-state index in [0.29, 0.717) is 18.6 Å². The van der Waals surface area contributed by atoms with E-state index >= 15 is 0 Å². The molecule has 3 rings (SSSR count). The van der Waals surface area contributed by atoms with Gasteiger partial charge >= 0.3 is 0 Å². The number of carbonyl (C=O) groups excluding carboxylic acids is 1. The molecule has 24 heavy (non-hydrogen) atoms. The zero-order valence-electron chi connectivity index (χ0n) is 13.5. The molecule has 2 aromatic carbocycles. The second-order valence-corrected chi connectivity index (χ2v) is 5.95. The monoisotopic (exact) mass is 329 g/mol. The van der Waals surface area contributed by atoms with Gasteiger partial charge in [0.15, 0.2) is 11.5 Å². The van der Waals surface area contributed by atoms with Crippen LogP contribution in [0.2, 0.25) is 0 Å². The maximum atomic E-state index is 13.0. The first kappa shape index (κ1) is 16.3. The van der Waals surface area contributed by atoms with Gasteiger partial charge in [0.2, 0.25) is 5.91 Å². The van der Waals surface area contributed by atoms with Crippen LogP contribution in [0.1, 0.15) is 30.0 Å². The number of hydrogen-bond donors (Lipinski definition) is 1. The molecule has 0 radical (unpaired) electrons. The number of rotatable bonds is 5. The molecule has 0 aliphatic carbocycles. The second kappa shape index (κ2) is 6.91. The molecule has 2 aromatic rings. The van der Waals surface area contributed by atoms with Crippen molar-refractivity contribution in [2.24, 2.45) is 0 Å². The smallest absolute Gasteiger partial charge is 0.223 e. The summed E-state index contributed by atoms with van der Waals surface area (Å²) in [6.45, 7) is 0.731. The number of amides is 1. The Kier molecular flexibility index (Phi) is 4.69. The number of likely N-dealkylation sites (tertiary alicyclic amines) is 1. The van der Waals surface area contributed by atoms with Crippen molar-refractivity contribution in [2.75, 3.05) is 13.7 Å². The normalized spacial score (nSPS) is 16.6. The number of phenols is 1. The van der Waals surface area contributed by atoms with Crippen molar-refractivity contribution in [3.05, 3.63) is 59.4 Å². The van der Waals surface area contributed by atoms with Gasteiger partial charge in [0.25, 0.3) is 0 Å². The fourth-order valence-electron chi connectivity index (χ4n) is 3.00. The average molecular weight is 329 g/mol. The van der Waals surface area contributed by atoms with Crippen molar-refractivity contribution in [2.45, 2.75) is 25.3 Å². The third-order valence-electron chi connectivity index (χ3n) is 4.47. The topological polar surface area (TPSA) is 49.8 Å². The van der Waals surface area contributed by atoms with Crippen LogP contribution in [-0.2, 0) is 11.2 Å². The van der Waals surface area contributed by atoms with Crippen molar-refractivity contribution in [3.63, 3.8) is 0 Å². The summed E-state index contributed by atoms with van der Waals surface area (Å²) in [5.41, 5.74) is 1.86. The fourth-order valence-corrected chi connectivity index (χ4v) is 3.00. The summed E-state index contributed by atoms with van der Waals surface area (Å²) in [7, 11) is 1.50. The first-order valence-corrected chi connectivity index (χ1v) is 7.99. The van der Waals surface area contributed by atoms with Gasteiger partial charge in [-0.1, -0.05) is 18.2 Å². The van der Waals surface area contributed by atoms with Crippen LogP contribution < -0.4 is 4.74 Å². The van der Waals surface area contributed by atoms with Crippen LogP contribution in [0, 0.1) is 5.82 Å². The van der Waals surface area contributed by atoms with Gasteiger partial charge in [0.05, 0.1) is 13.2 Å². The third kappa shape index (κ3) is 3.35. The van der Waals surface area contributed by atoms with Gasteiger partial charge in [-0.05, 0) is 48.2 Å². The highest BCUT2D eigenvalue weighted by Crippen LogP contribution is 2.34. The van der Waals surface area contributed by atoms with E-state index in [0.717, 1.165) is 24.1 Å². The SMILES string of the molecule is COc1ccc(CCC(=O)N2CCC2c2ccc(F)cc2)cc1O. The Morgan fingerprint density at radius 2 is 2.04 bits per heavy atom. The first-order valence-electron chi connectivity index (χ1n) is 7.99. The molecule has 1 unspecified atom stereocenters. The minimum absolute atomic E-state index is 0.0439. The molecule has 1 amide bonds. The van der Waals surface area contributed by atoms with Crippen LogP contribution in [0.15, 0.2) is 42.5 Å². The van der Waals surface area contributed by atoms with Crippen molar-refractivity contribution in [1.29, 1.82) is 0 Å². The summed E-state index contributed by atoms with van der Waals surface area (Å²) >= 11 is 0. The van der Waals surface area contributed by atoms with Gasteiger partial charge in [-0.15, -0.1) is 0 Å². The van der Waals surface area contributed by atoms with Crippen LogP contribution in [0.3, 0.4) is 0 Å². The van der Waals surface area contributed by atoms with Crippen LogP contribution in [0.5, 0.6) is 11.5 Å². The maximum Gasteiger partial charge on any atom is 0.223 e. The van der Waals surface area contributed by atoms with E-state index in [1.165, 1.54) is 19.2 Å². The number of aryl methyl sites for hydroxylation is 1. The third-order valence-corrected chi connectivity index (χ3v) is 4.47. The molecular weight excluding hydrogens is 309 g/mol. The molecule has 1 fully saturated rings. The zero-order valence-corrected chi connectivity index (χ0v) is 13.5. The molecule has 1 saturated heterocycles. The molecule has 0 spiro atoms. The van der Waals surface area contributed by atoms with Gasteiger partial charge in [0, 0.05) is 13.0 Å². The predicted octanol–water partition coefficient (Wildman–Crippen LogP) is 3.45. The summed E-state index contributed by atoms with van der Waals surface area (Å²) in [6, 6.07) is 11.5. The predicted molar refractivity (Wildman–Crippen MR) is 88.5 cm³/mol. The molecule has 0 aromatic heterocycles. The van der Waals surface area contributed by atoms with Crippen LogP contribution in [0.25, 0.3) is 0 Å². The van der Waals surface area contributed by atoms with E-state index in [1.54, 1.807) is 24.3 Å². The molecule has 4 nitrogen and oxygen atoms in total. The fraction of sp³-hybridized carbons (Fsp3) is 0.316. The lowest BCUT2D eigenvalue weighted by Crippen LogP contribution is -2.45. The Labute approximate surface area is 140 Å². The number of carbonyl (C=O) groups is 1. The van der Waals surface area contributed by atoms with E-state index < -0.39 is 0 Å². The van der Waals surface area contributed by atoms with Crippen molar-refractivity contribution >= 4 is 5.91 Å². The summed E-state index contributed by atoms with van der Waals surface area (Å²) in [5, 5.41) is 9.79. The molecular formula is C19H20FNO3. The van der Waals surface area contributed by atoms with Gasteiger partial charge in [-0.25, -0.2) is 4.39 Å². The average Bonchev–Trinajstić information content (AvgIpc) is 2.54. The lowest BCUT2D eigenvalue weighted by atomic mass is 9.94. The Balaban J connectivity index is 1.59. The van der Waals surface area contributed by atoms with E-state index in [4.69, 9.17) is 4.74 Å². The van der Waals surface area contributed by atoms with Crippen molar-refractivity contribution in [3.8, 4) is 11.5 Å². The number of phenolic OH excluding ortho intramolecular Hbond substituents is 1. The Bertz CT molecular complexity index is 730. The quantitative estimate of drug-likeness (QED) is 0.914. The number of ether oxygens (including phenoxy) is 1. The van der Waals surface area contributed by atoms with Crippen LogP contribution >= 0.6 is 0 Å². The van der Waals surface area contributed by atoms with Gasteiger partial charge in [-0.2, -0.15) is 0 Å². The van der Waals surface area contributed by atoms with Gasteiger partial charge in [-0.3, -0.25) is 4.79 Å². The standard InChI is InChI=1S/C19H20FNO3/c1-24-18-8-2-13(12-17(18)22)3-9-19(23)21-11-10-16(21)14-4-6-15(20)7-5-14/h2,4-8,12,16,22H,3,9-11H2,1H3. The maximum absolute atomic E-state index is 13.0. The molecule has 1 N–H and O–H groups in total. The van der Waals surface area contributed by atoms with Gasteiger partial charge in [0.1, 0.15) is 5.82 Å². The lowest BCUT2D eigenvalue weighted by Gasteiger charge is -2.41. The summed E-state index contributed by atoms with van der Waals surface area (Å²) < 4.78 is 18.0. The van der Waals surface area contributed by atoms with Crippen LogP contribution in [-0.4, -0.2) is 29.6 Å². The number of aromatic hydroxyl groups is 1. The minimum Gasteiger partial charge on any atom is -0.504 e.